The van der Waals surface area contributed by atoms with Gasteiger partial charge in [-0.05, 0) is 43.3 Å². The van der Waals surface area contributed by atoms with E-state index >= 15 is 0 Å². The van der Waals surface area contributed by atoms with Crippen molar-refractivity contribution in [2.75, 3.05) is 10.6 Å². The van der Waals surface area contributed by atoms with Crippen LogP contribution in [0.3, 0.4) is 0 Å². The monoisotopic (exact) mass is 351 g/mol. The number of nitrogens with one attached hydrogen (secondary N) is 2. The summed E-state index contributed by atoms with van der Waals surface area (Å²) in [6, 6.07) is 12.1. The van der Waals surface area contributed by atoms with Gasteiger partial charge in [0, 0.05) is 18.3 Å². The van der Waals surface area contributed by atoms with Gasteiger partial charge in [0.25, 0.3) is 11.8 Å². The third kappa shape index (κ3) is 3.19. The van der Waals surface area contributed by atoms with Crippen LogP contribution in [0.2, 0.25) is 0 Å². The summed E-state index contributed by atoms with van der Waals surface area (Å²) in [6.45, 7) is 2.90. The van der Waals surface area contributed by atoms with E-state index in [1.54, 1.807) is 48.5 Å². The van der Waals surface area contributed by atoms with Gasteiger partial charge in [0.1, 0.15) is 6.04 Å². The molecule has 2 N–H and O–H groups in total. The Morgan fingerprint density at radius 1 is 0.846 bits per heavy atom. The van der Waals surface area contributed by atoms with E-state index in [4.69, 9.17) is 0 Å². The van der Waals surface area contributed by atoms with Crippen molar-refractivity contribution in [2.45, 2.75) is 19.9 Å². The zero-order valence-electron chi connectivity index (χ0n) is 14.3. The minimum atomic E-state index is -0.961. The van der Waals surface area contributed by atoms with Gasteiger partial charge in [0.15, 0.2) is 0 Å². The Labute approximate surface area is 150 Å². The van der Waals surface area contributed by atoms with Crippen LogP contribution in [0, 0.1) is 0 Å². The molecule has 0 unspecified atom stereocenters. The molecule has 2 aromatic carbocycles. The van der Waals surface area contributed by atoms with Gasteiger partial charge in [-0.2, -0.15) is 0 Å². The van der Waals surface area contributed by atoms with Crippen LogP contribution in [-0.4, -0.2) is 34.6 Å². The first-order valence-corrected chi connectivity index (χ1v) is 8.04. The van der Waals surface area contributed by atoms with E-state index in [9.17, 15) is 19.2 Å². The zero-order valence-corrected chi connectivity index (χ0v) is 14.3. The number of carbonyl (C=O) groups is 4. The summed E-state index contributed by atoms with van der Waals surface area (Å²) in [5.41, 5.74) is 1.70. The van der Waals surface area contributed by atoms with Crippen LogP contribution in [0.5, 0.6) is 0 Å². The summed E-state index contributed by atoms with van der Waals surface area (Å²) < 4.78 is 0. The molecular formula is C19H17N3O4. The summed E-state index contributed by atoms with van der Waals surface area (Å²) >= 11 is 0. The summed E-state index contributed by atoms with van der Waals surface area (Å²) in [5.74, 6) is -1.63. The Kier molecular flexibility index (Phi) is 4.53. The van der Waals surface area contributed by atoms with Crippen LogP contribution >= 0.6 is 0 Å². The number of carbonyl (C=O) groups excluding carboxylic acids is 4. The highest BCUT2D eigenvalue weighted by molar-refractivity contribution is 6.23. The van der Waals surface area contributed by atoms with Crippen LogP contribution in [0.15, 0.2) is 48.5 Å². The Morgan fingerprint density at radius 2 is 1.31 bits per heavy atom. The van der Waals surface area contributed by atoms with Crippen molar-refractivity contribution < 1.29 is 19.2 Å². The predicted molar refractivity (Wildman–Crippen MR) is 95.8 cm³/mol. The van der Waals surface area contributed by atoms with Gasteiger partial charge in [0.2, 0.25) is 11.8 Å². The van der Waals surface area contributed by atoms with E-state index < -0.39 is 23.8 Å². The topological polar surface area (TPSA) is 95.6 Å². The molecular weight excluding hydrogens is 334 g/mol. The molecule has 2 aromatic rings. The summed E-state index contributed by atoms with van der Waals surface area (Å²) in [6.07, 6.45) is 0. The molecule has 1 atom stereocenters. The van der Waals surface area contributed by atoms with Gasteiger partial charge in [-0.1, -0.05) is 12.1 Å². The molecule has 0 fully saturated rings. The number of benzene rings is 2. The van der Waals surface area contributed by atoms with Crippen molar-refractivity contribution in [1.29, 1.82) is 0 Å². The van der Waals surface area contributed by atoms with E-state index in [1.807, 2.05) is 0 Å². The summed E-state index contributed by atoms with van der Waals surface area (Å²) in [7, 11) is 0. The molecule has 1 heterocycles. The smallest absolute Gasteiger partial charge is 0.262 e. The number of hydrogen-bond donors (Lipinski definition) is 2. The van der Waals surface area contributed by atoms with Gasteiger partial charge in [-0.3, -0.25) is 24.1 Å². The lowest BCUT2D eigenvalue weighted by Crippen LogP contribution is -2.45. The minimum absolute atomic E-state index is 0.193. The first-order chi connectivity index (χ1) is 12.4. The van der Waals surface area contributed by atoms with Crippen molar-refractivity contribution >= 4 is 35.0 Å². The van der Waals surface area contributed by atoms with Gasteiger partial charge in [-0.25, -0.2) is 0 Å². The van der Waals surface area contributed by atoms with Gasteiger partial charge in [0.05, 0.1) is 11.1 Å². The third-order valence-electron chi connectivity index (χ3n) is 4.07. The average molecular weight is 351 g/mol. The molecule has 3 rings (SSSR count). The number of imide groups is 1. The predicted octanol–water partition coefficient (Wildman–Crippen LogP) is 2.27. The Hall–Kier alpha value is -3.48. The van der Waals surface area contributed by atoms with E-state index in [0.717, 1.165) is 4.90 Å². The molecule has 4 amide bonds. The lowest BCUT2D eigenvalue weighted by atomic mass is 10.1. The first-order valence-electron chi connectivity index (χ1n) is 8.04. The number of anilines is 2. The van der Waals surface area contributed by atoms with E-state index in [-0.39, 0.29) is 5.91 Å². The molecule has 0 spiro atoms. The zero-order chi connectivity index (χ0) is 18.8. The van der Waals surface area contributed by atoms with Crippen LogP contribution in [0.1, 0.15) is 34.6 Å². The molecule has 0 radical (unpaired) electrons. The van der Waals surface area contributed by atoms with Crippen molar-refractivity contribution in [3.8, 4) is 0 Å². The largest absolute Gasteiger partial charge is 0.326 e. The number of hydrogen-bond acceptors (Lipinski definition) is 4. The Morgan fingerprint density at radius 3 is 1.77 bits per heavy atom. The molecule has 0 aromatic heterocycles. The van der Waals surface area contributed by atoms with Gasteiger partial charge in [-0.15, -0.1) is 0 Å². The average Bonchev–Trinajstić information content (AvgIpc) is 2.87. The van der Waals surface area contributed by atoms with Crippen LogP contribution < -0.4 is 10.6 Å². The van der Waals surface area contributed by atoms with Crippen molar-refractivity contribution in [3.63, 3.8) is 0 Å². The van der Waals surface area contributed by atoms with Crippen LogP contribution in [-0.2, 0) is 9.59 Å². The van der Waals surface area contributed by atoms with Crippen molar-refractivity contribution in [2.24, 2.45) is 0 Å². The number of rotatable bonds is 4. The molecule has 7 heteroatoms. The van der Waals surface area contributed by atoms with Crippen molar-refractivity contribution in [3.05, 3.63) is 59.7 Å². The lowest BCUT2D eigenvalue weighted by Gasteiger charge is -2.21. The maximum atomic E-state index is 12.5. The molecule has 1 aliphatic rings. The second-order valence-electron chi connectivity index (χ2n) is 5.95. The second-order valence-corrected chi connectivity index (χ2v) is 5.95. The Balaban J connectivity index is 1.72. The number of amides is 4. The fourth-order valence-corrected chi connectivity index (χ4v) is 2.76. The molecule has 7 nitrogen and oxygen atoms in total. The summed E-state index contributed by atoms with van der Waals surface area (Å²) in [4.78, 5) is 49.3. The van der Waals surface area contributed by atoms with E-state index in [1.165, 1.54) is 13.8 Å². The quantitative estimate of drug-likeness (QED) is 0.826. The first kappa shape index (κ1) is 17.3. The standard InChI is InChI=1S/C19H17N3O4/c1-11(22-18(25)15-5-3-4-6-16(15)19(22)26)17(24)21-14-9-7-13(8-10-14)20-12(2)23/h3-11H,1-2H3,(H,20,23)(H,21,24)/t11-/m1/s1. The third-order valence-corrected chi connectivity index (χ3v) is 4.07. The van der Waals surface area contributed by atoms with Gasteiger partial charge >= 0.3 is 0 Å². The van der Waals surface area contributed by atoms with Crippen LogP contribution in [0.25, 0.3) is 0 Å². The van der Waals surface area contributed by atoms with E-state index in [2.05, 4.69) is 10.6 Å². The van der Waals surface area contributed by atoms with Crippen LogP contribution in [0.4, 0.5) is 11.4 Å². The number of nitrogens with zero attached hydrogens (tertiary/aromatic N) is 1. The highest BCUT2D eigenvalue weighted by atomic mass is 16.2. The highest BCUT2D eigenvalue weighted by Crippen LogP contribution is 2.25. The Bertz CT molecular complexity index is 870. The summed E-state index contributed by atoms with van der Waals surface area (Å²) in [5, 5.41) is 5.29. The number of fused-ring (bicyclic) bond motifs is 1. The maximum Gasteiger partial charge on any atom is 0.262 e. The highest BCUT2D eigenvalue weighted by Gasteiger charge is 2.40. The van der Waals surface area contributed by atoms with Crippen molar-refractivity contribution in [1.82, 2.24) is 4.90 Å². The SMILES string of the molecule is CC(=O)Nc1ccc(NC(=O)[C@@H](C)N2C(=O)c3ccccc3C2=O)cc1. The van der Waals surface area contributed by atoms with Gasteiger partial charge < -0.3 is 10.6 Å². The van der Waals surface area contributed by atoms with E-state index in [0.29, 0.717) is 22.5 Å². The maximum absolute atomic E-state index is 12.5. The normalized spacial score (nSPS) is 14.0. The molecule has 0 bridgehead atoms. The molecule has 26 heavy (non-hydrogen) atoms. The fraction of sp³-hybridized carbons (Fsp3) is 0.158. The second kappa shape index (κ2) is 6.79. The fourth-order valence-electron chi connectivity index (χ4n) is 2.76. The lowest BCUT2D eigenvalue weighted by molar-refractivity contribution is -0.119. The molecule has 0 saturated heterocycles. The molecule has 0 saturated carbocycles. The minimum Gasteiger partial charge on any atom is -0.326 e. The molecule has 132 valence electrons. The molecule has 0 aliphatic carbocycles. The molecule has 1 aliphatic heterocycles.